The lowest BCUT2D eigenvalue weighted by Crippen LogP contribution is -1.93. The van der Waals surface area contributed by atoms with Gasteiger partial charge in [-0.25, -0.2) is 4.79 Å². The van der Waals surface area contributed by atoms with Gasteiger partial charge in [-0.05, 0) is 18.8 Å². The van der Waals surface area contributed by atoms with Gasteiger partial charge in [-0.15, -0.1) is 0 Å². The number of hydrogen-bond acceptors (Lipinski definition) is 2. The molecule has 1 rings (SSSR count). The summed E-state index contributed by atoms with van der Waals surface area (Å²) in [6.07, 6.45) is 0. The third kappa shape index (κ3) is 5.16. The van der Waals surface area contributed by atoms with Gasteiger partial charge in [-0.2, -0.15) is 12.2 Å². The average molecular weight is 202 g/mol. The van der Waals surface area contributed by atoms with Crippen LogP contribution in [0.3, 0.4) is 0 Å². The minimum atomic E-state index is -0.879. The maximum atomic E-state index is 10.2. The average Bonchev–Trinajstić information content (AvgIpc) is 2.07. The molecule has 0 spiro atoms. The maximum Gasteiger partial charge on any atom is 0.335 e. The van der Waals surface area contributed by atoms with Gasteiger partial charge in [-0.3, -0.25) is 0 Å². The smallest absolute Gasteiger partial charge is 0.335 e. The monoisotopic (exact) mass is 202 g/mol. The van der Waals surface area contributed by atoms with Gasteiger partial charge in [0.1, 0.15) is 0 Å². The molecule has 4 heteroatoms. The molecule has 1 N–H and O–H groups in total. The van der Waals surface area contributed by atoms with E-state index in [1.165, 1.54) is 0 Å². The Labute approximate surface area is 78.9 Å². The fourth-order valence-electron chi connectivity index (χ4n) is 0.581. The Balaban J connectivity index is 0.000000354. The summed E-state index contributed by atoms with van der Waals surface area (Å²) in [7, 11) is 0.778. The molecule has 0 saturated heterocycles. The molecule has 2 nitrogen and oxygen atoms in total. The topological polar surface area (TPSA) is 37.3 Å². The van der Waals surface area contributed by atoms with Crippen LogP contribution in [0.2, 0.25) is 0 Å². The van der Waals surface area contributed by atoms with Crippen LogP contribution in [0, 0.1) is 0 Å². The molecule has 0 aliphatic heterocycles. The molecule has 1 aromatic carbocycles. The Morgan fingerprint density at radius 2 is 1.83 bits per heavy atom. The standard InChI is InChI=1S/C7H6O2.CH5PS/c8-7(9)6-4-2-1-3-5-6;1-2-3/h1-5H,(H,8,9);2-3H,1H3. The van der Waals surface area contributed by atoms with Crippen LogP contribution in [0.25, 0.3) is 0 Å². The lowest BCUT2D eigenvalue weighted by Gasteiger charge is -1.88. The van der Waals surface area contributed by atoms with E-state index >= 15 is 0 Å². The largest absolute Gasteiger partial charge is 0.478 e. The molecule has 0 fully saturated rings. The first-order valence-electron chi connectivity index (χ1n) is 3.31. The van der Waals surface area contributed by atoms with Gasteiger partial charge in [0.15, 0.2) is 0 Å². The van der Waals surface area contributed by atoms with Crippen molar-refractivity contribution in [1.82, 2.24) is 0 Å². The normalized spacial score (nSPS) is 9.17. The lowest BCUT2D eigenvalue weighted by atomic mass is 10.2. The Hall–Kier alpha value is -0.530. The Morgan fingerprint density at radius 1 is 1.42 bits per heavy atom. The van der Waals surface area contributed by atoms with Crippen LogP contribution in [0.5, 0.6) is 0 Å². The van der Waals surface area contributed by atoms with E-state index in [4.69, 9.17) is 5.11 Å². The second kappa shape index (κ2) is 7.14. The zero-order chi connectivity index (χ0) is 9.40. The van der Waals surface area contributed by atoms with Gasteiger partial charge in [0, 0.05) is 0 Å². The van der Waals surface area contributed by atoms with Gasteiger partial charge in [0.05, 0.1) is 5.56 Å². The second-order valence-corrected chi connectivity index (χ2v) is 3.68. The summed E-state index contributed by atoms with van der Waals surface area (Å²) < 4.78 is 0. The summed E-state index contributed by atoms with van der Waals surface area (Å²) >= 11 is 3.82. The van der Waals surface area contributed by atoms with Crippen molar-refractivity contribution in [3.63, 3.8) is 0 Å². The van der Waals surface area contributed by atoms with Crippen molar-refractivity contribution in [3.05, 3.63) is 35.9 Å². The number of rotatable bonds is 1. The van der Waals surface area contributed by atoms with Crippen molar-refractivity contribution in [3.8, 4) is 0 Å². The number of carboxylic acids is 1. The number of carbonyl (C=O) groups is 1. The van der Waals surface area contributed by atoms with Crippen molar-refractivity contribution in [1.29, 1.82) is 0 Å². The highest BCUT2D eigenvalue weighted by atomic mass is 32.7. The molecule has 66 valence electrons. The Bertz CT molecular complexity index is 226. The molecule has 0 radical (unpaired) electrons. The zero-order valence-electron chi connectivity index (χ0n) is 6.69. The van der Waals surface area contributed by atoms with Crippen molar-refractivity contribution >= 4 is 26.0 Å². The molecule has 0 amide bonds. The molecular weight excluding hydrogens is 191 g/mol. The highest BCUT2D eigenvalue weighted by Gasteiger charge is 1.96. The lowest BCUT2D eigenvalue weighted by molar-refractivity contribution is 0.0697. The maximum absolute atomic E-state index is 10.2. The summed E-state index contributed by atoms with van der Waals surface area (Å²) in [5.41, 5.74) is 0.331. The molecule has 12 heavy (non-hydrogen) atoms. The van der Waals surface area contributed by atoms with E-state index in [1.54, 1.807) is 30.3 Å². The molecule has 0 heterocycles. The fraction of sp³-hybridized carbons (Fsp3) is 0.125. The molecule has 1 atom stereocenters. The molecule has 0 saturated carbocycles. The van der Waals surface area contributed by atoms with Crippen molar-refractivity contribution < 1.29 is 9.90 Å². The molecule has 0 aliphatic rings. The van der Waals surface area contributed by atoms with E-state index in [1.807, 2.05) is 6.66 Å². The van der Waals surface area contributed by atoms with Crippen LogP contribution in [0.15, 0.2) is 30.3 Å². The first-order valence-corrected chi connectivity index (χ1v) is 6.10. The summed E-state index contributed by atoms with van der Waals surface area (Å²) in [4.78, 5) is 10.2. The van der Waals surface area contributed by atoms with Gasteiger partial charge >= 0.3 is 5.97 Å². The van der Waals surface area contributed by atoms with Gasteiger partial charge in [-0.1, -0.05) is 26.0 Å². The predicted molar refractivity (Wildman–Crippen MR) is 56.6 cm³/mol. The van der Waals surface area contributed by atoms with E-state index in [9.17, 15) is 4.79 Å². The van der Waals surface area contributed by atoms with E-state index in [-0.39, 0.29) is 0 Å². The van der Waals surface area contributed by atoms with Crippen molar-refractivity contribution in [2.45, 2.75) is 0 Å². The highest BCUT2D eigenvalue weighted by Crippen LogP contribution is 2.03. The number of aromatic carboxylic acids is 1. The molecule has 0 bridgehead atoms. The number of hydrogen-bond donors (Lipinski definition) is 2. The van der Waals surface area contributed by atoms with Crippen LogP contribution < -0.4 is 0 Å². The zero-order valence-corrected chi connectivity index (χ0v) is 8.58. The van der Waals surface area contributed by atoms with Gasteiger partial charge in [0.2, 0.25) is 0 Å². The van der Waals surface area contributed by atoms with Crippen LogP contribution >= 0.6 is 20.0 Å². The van der Waals surface area contributed by atoms with Crippen LogP contribution in [0.1, 0.15) is 10.4 Å². The SMILES string of the molecule is CPS.O=C(O)c1ccccc1. The Morgan fingerprint density at radius 3 is 2.08 bits per heavy atom. The predicted octanol–water partition coefficient (Wildman–Crippen LogP) is 2.52. The van der Waals surface area contributed by atoms with Gasteiger partial charge < -0.3 is 5.11 Å². The summed E-state index contributed by atoms with van der Waals surface area (Å²) in [5, 5.41) is 8.38. The quantitative estimate of drug-likeness (QED) is 0.542. The summed E-state index contributed by atoms with van der Waals surface area (Å²) in [5.74, 6) is -0.879. The van der Waals surface area contributed by atoms with Crippen LogP contribution in [-0.4, -0.2) is 17.7 Å². The first-order chi connectivity index (χ1) is 5.72. The summed E-state index contributed by atoms with van der Waals surface area (Å²) in [6.45, 7) is 2.02. The molecule has 0 aromatic heterocycles. The third-order valence-electron chi connectivity index (χ3n) is 1.02. The second-order valence-electron chi connectivity index (χ2n) is 1.89. The highest BCUT2D eigenvalue weighted by molar-refractivity contribution is 8.37. The third-order valence-corrected chi connectivity index (χ3v) is 1.02. The van der Waals surface area contributed by atoms with Crippen molar-refractivity contribution in [2.75, 3.05) is 6.66 Å². The Kier molecular flexibility index (Phi) is 6.82. The molecule has 1 unspecified atom stereocenters. The van der Waals surface area contributed by atoms with Crippen LogP contribution in [0.4, 0.5) is 0 Å². The van der Waals surface area contributed by atoms with E-state index in [2.05, 4.69) is 12.2 Å². The van der Waals surface area contributed by atoms with E-state index in [0.29, 0.717) is 5.56 Å². The minimum Gasteiger partial charge on any atom is -0.478 e. The van der Waals surface area contributed by atoms with E-state index < -0.39 is 5.97 Å². The van der Waals surface area contributed by atoms with Gasteiger partial charge in [0.25, 0.3) is 0 Å². The number of carboxylic acid groups (broad SMARTS) is 1. The number of benzene rings is 1. The van der Waals surface area contributed by atoms with E-state index in [0.717, 1.165) is 7.78 Å². The molecule has 0 aliphatic carbocycles. The minimum absolute atomic E-state index is 0.331. The molecular formula is C8H11O2PS. The van der Waals surface area contributed by atoms with Crippen molar-refractivity contribution in [2.24, 2.45) is 0 Å². The summed E-state index contributed by atoms with van der Waals surface area (Å²) in [6, 6.07) is 8.30. The first kappa shape index (κ1) is 11.5. The number of thiol groups is 1. The van der Waals surface area contributed by atoms with Crippen LogP contribution in [-0.2, 0) is 0 Å². The fourth-order valence-corrected chi connectivity index (χ4v) is 0.581. The molecule has 1 aromatic rings.